The number of nitrogens with one attached hydrogen (secondary N) is 1. The molecular weight excluding hydrogens is 350 g/mol. The van der Waals surface area contributed by atoms with E-state index in [9.17, 15) is 13.6 Å². The molecule has 1 aliphatic carbocycles. The summed E-state index contributed by atoms with van der Waals surface area (Å²) in [6, 6.07) is 11.5. The van der Waals surface area contributed by atoms with Crippen LogP contribution in [0.1, 0.15) is 40.4 Å². The van der Waals surface area contributed by atoms with Gasteiger partial charge in [-0.25, -0.2) is 0 Å². The summed E-state index contributed by atoms with van der Waals surface area (Å²) in [5, 5.41) is 3.00. The summed E-state index contributed by atoms with van der Waals surface area (Å²) in [5.41, 5.74) is 8.61. The predicted molar refractivity (Wildman–Crippen MR) is 94.3 cm³/mol. The molecule has 0 spiro atoms. The molecule has 0 fully saturated rings. The molecule has 1 aliphatic rings. The van der Waals surface area contributed by atoms with E-state index in [0.717, 1.165) is 30.4 Å². The average molecular weight is 369 g/mol. The summed E-state index contributed by atoms with van der Waals surface area (Å²) < 4.78 is 29.1. The molecule has 25 heavy (non-hydrogen) atoms. The van der Waals surface area contributed by atoms with E-state index in [1.54, 1.807) is 36.4 Å². The number of benzene rings is 2. The monoisotopic (exact) mass is 368 g/mol. The first-order valence-electron chi connectivity index (χ1n) is 7.77. The Hall–Kier alpha value is -2.34. The van der Waals surface area contributed by atoms with Crippen LogP contribution < -0.4 is 15.8 Å². The molecule has 1 atom stereocenters. The zero-order chi connectivity index (χ0) is 17.1. The van der Waals surface area contributed by atoms with Crippen LogP contribution in [0.2, 0.25) is 0 Å². The Morgan fingerprint density at radius 1 is 1.24 bits per heavy atom. The van der Waals surface area contributed by atoms with E-state index in [1.165, 1.54) is 6.07 Å². The molecule has 134 valence electrons. The highest BCUT2D eigenvalue weighted by atomic mass is 35.5. The van der Waals surface area contributed by atoms with Gasteiger partial charge in [-0.05, 0) is 60.7 Å². The van der Waals surface area contributed by atoms with Crippen molar-refractivity contribution < 1.29 is 18.3 Å². The summed E-state index contributed by atoms with van der Waals surface area (Å²) in [6.07, 6.45) is 2.45. The number of carbonyl (C=O) groups excluding carboxylic acids is 1. The quantitative estimate of drug-likeness (QED) is 0.798. The van der Waals surface area contributed by atoms with Crippen LogP contribution in [0.5, 0.6) is 5.75 Å². The molecule has 0 aromatic heterocycles. The van der Waals surface area contributed by atoms with Gasteiger partial charge in [-0.3, -0.25) is 4.79 Å². The second-order valence-corrected chi connectivity index (χ2v) is 5.78. The largest absolute Gasteiger partial charge is 0.435 e. The molecule has 3 N–H and O–H groups in total. The van der Waals surface area contributed by atoms with Crippen LogP contribution in [0.3, 0.4) is 0 Å². The molecule has 1 unspecified atom stereocenters. The lowest BCUT2D eigenvalue weighted by Crippen LogP contribution is -2.31. The van der Waals surface area contributed by atoms with Crippen molar-refractivity contribution in [2.24, 2.45) is 0 Å². The topological polar surface area (TPSA) is 64.4 Å². The number of amides is 1. The zero-order valence-electron chi connectivity index (χ0n) is 13.4. The van der Waals surface area contributed by atoms with Gasteiger partial charge in [0, 0.05) is 11.3 Å². The number of carbonyl (C=O) groups is 1. The molecule has 0 radical (unpaired) electrons. The van der Waals surface area contributed by atoms with Crippen molar-refractivity contribution in [1.29, 1.82) is 0 Å². The number of fused-ring (bicyclic) bond motifs is 1. The van der Waals surface area contributed by atoms with E-state index in [4.69, 9.17) is 5.73 Å². The Bertz CT molecular complexity index is 756. The third-order valence-electron chi connectivity index (χ3n) is 4.11. The number of ether oxygens (including phenoxy) is 1. The van der Waals surface area contributed by atoms with E-state index in [2.05, 4.69) is 10.1 Å². The fourth-order valence-electron chi connectivity index (χ4n) is 3.04. The number of hydrogen-bond acceptors (Lipinski definition) is 3. The van der Waals surface area contributed by atoms with Crippen molar-refractivity contribution in [2.75, 3.05) is 5.73 Å². The van der Waals surface area contributed by atoms with Crippen LogP contribution in [0.15, 0.2) is 42.5 Å². The Morgan fingerprint density at radius 3 is 2.76 bits per heavy atom. The van der Waals surface area contributed by atoms with E-state index in [-0.39, 0.29) is 30.1 Å². The summed E-state index contributed by atoms with van der Waals surface area (Å²) in [6.45, 7) is -2.84. The number of halogens is 3. The lowest BCUT2D eigenvalue weighted by atomic mass is 9.87. The van der Waals surface area contributed by atoms with Gasteiger partial charge >= 0.3 is 6.61 Å². The van der Waals surface area contributed by atoms with E-state index >= 15 is 0 Å². The fraction of sp³-hybridized carbons (Fsp3) is 0.278. The molecule has 0 saturated heterocycles. The van der Waals surface area contributed by atoms with Gasteiger partial charge in [0.25, 0.3) is 5.91 Å². The smallest absolute Gasteiger partial charge is 0.387 e. The molecule has 4 nitrogen and oxygen atoms in total. The lowest BCUT2D eigenvalue weighted by Gasteiger charge is -2.27. The molecule has 0 bridgehead atoms. The highest BCUT2D eigenvalue weighted by molar-refractivity contribution is 5.95. The van der Waals surface area contributed by atoms with Crippen LogP contribution in [0.4, 0.5) is 14.5 Å². The fourth-order valence-corrected chi connectivity index (χ4v) is 3.04. The van der Waals surface area contributed by atoms with Gasteiger partial charge in [-0.15, -0.1) is 12.4 Å². The molecule has 7 heteroatoms. The van der Waals surface area contributed by atoms with Crippen molar-refractivity contribution in [3.8, 4) is 5.75 Å². The van der Waals surface area contributed by atoms with E-state index in [1.807, 2.05) is 0 Å². The average Bonchev–Trinajstić information content (AvgIpc) is 2.54. The summed E-state index contributed by atoms with van der Waals surface area (Å²) in [4.78, 5) is 12.4. The third-order valence-corrected chi connectivity index (χ3v) is 4.11. The number of hydrogen-bond donors (Lipinski definition) is 2. The Balaban J connectivity index is 0.00000225. The zero-order valence-corrected chi connectivity index (χ0v) is 14.2. The maximum atomic E-state index is 12.4. The lowest BCUT2D eigenvalue weighted by molar-refractivity contribution is -0.0499. The van der Waals surface area contributed by atoms with Crippen molar-refractivity contribution in [1.82, 2.24) is 5.32 Å². The van der Waals surface area contributed by atoms with Crippen LogP contribution in [-0.4, -0.2) is 12.5 Å². The summed E-state index contributed by atoms with van der Waals surface area (Å²) in [5.74, 6) is -0.0559. The van der Waals surface area contributed by atoms with Crippen LogP contribution >= 0.6 is 12.4 Å². The minimum atomic E-state index is -2.84. The number of aryl methyl sites for hydroxylation is 1. The first-order chi connectivity index (χ1) is 11.5. The van der Waals surface area contributed by atoms with Gasteiger partial charge in [-0.2, -0.15) is 8.78 Å². The molecular formula is C18H19ClF2N2O2. The normalized spacial score (nSPS) is 15.9. The third kappa shape index (κ3) is 4.60. The van der Waals surface area contributed by atoms with Crippen LogP contribution in [0, 0.1) is 0 Å². The van der Waals surface area contributed by atoms with E-state index in [0.29, 0.717) is 11.3 Å². The number of alkyl halides is 2. The van der Waals surface area contributed by atoms with Crippen LogP contribution in [0.25, 0.3) is 0 Å². The SMILES string of the molecule is Cl.Nc1cccc(C(=O)NC2CCCc3cc(OC(F)F)ccc32)c1. The van der Waals surface area contributed by atoms with Gasteiger partial charge in [0.15, 0.2) is 0 Å². The highest BCUT2D eigenvalue weighted by Crippen LogP contribution is 2.32. The first-order valence-corrected chi connectivity index (χ1v) is 7.77. The Labute approximate surface area is 150 Å². The molecule has 0 aliphatic heterocycles. The number of anilines is 1. The van der Waals surface area contributed by atoms with Crippen molar-refractivity contribution in [2.45, 2.75) is 31.9 Å². The molecule has 0 heterocycles. The maximum Gasteiger partial charge on any atom is 0.387 e. The molecule has 0 saturated carbocycles. The maximum absolute atomic E-state index is 12.4. The molecule has 2 aromatic rings. The van der Waals surface area contributed by atoms with Crippen molar-refractivity contribution >= 4 is 24.0 Å². The van der Waals surface area contributed by atoms with Gasteiger partial charge < -0.3 is 15.8 Å². The number of rotatable bonds is 4. The molecule has 2 aromatic carbocycles. The molecule has 3 rings (SSSR count). The standard InChI is InChI=1S/C18H18F2N2O2.ClH/c19-18(20)24-14-7-8-15-11(10-14)3-2-6-16(15)22-17(23)12-4-1-5-13(21)9-12;/h1,4-5,7-10,16,18H,2-3,6,21H2,(H,22,23);1H. The van der Waals surface area contributed by atoms with Gasteiger partial charge in [-0.1, -0.05) is 12.1 Å². The Kier molecular flexibility index (Phi) is 6.20. The van der Waals surface area contributed by atoms with Gasteiger partial charge in [0.2, 0.25) is 0 Å². The summed E-state index contributed by atoms with van der Waals surface area (Å²) >= 11 is 0. The number of nitrogen functional groups attached to an aromatic ring is 1. The highest BCUT2D eigenvalue weighted by Gasteiger charge is 2.23. The number of nitrogens with two attached hydrogens (primary N) is 1. The predicted octanol–water partition coefficient (Wildman–Crippen LogP) is 4.10. The van der Waals surface area contributed by atoms with Gasteiger partial charge in [0.1, 0.15) is 5.75 Å². The second kappa shape index (κ2) is 8.16. The summed E-state index contributed by atoms with van der Waals surface area (Å²) in [7, 11) is 0. The van der Waals surface area contributed by atoms with Gasteiger partial charge in [0.05, 0.1) is 6.04 Å². The van der Waals surface area contributed by atoms with Crippen molar-refractivity contribution in [3.05, 3.63) is 59.2 Å². The van der Waals surface area contributed by atoms with Crippen molar-refractivity contribution in [3.63, 3.8) is 0 Å². The molecule has 1 amide bonds. The minimum Gasteiger partial charge on any atom is -0.435 e. The Morgan fingerprint density at radius 2 is 2.04 bits per heavy atom. The minimum absolute atomic E-state index is 0. The second-order valence-electron chi connectivity index (χ2n) is 5.78. The van der Waals surface area contributed by atoms with E-state index < -0.39 is 6.61 Å². The van der Waals surface area contributed by atoms with Crippen LogP contribution in [-0.2, 0) is 6.42 Å². The first kappa shape index (κ1) is 19.0.